The minimum Gasteiger partial charge on any atom is -0.480 e. The first-order valence-corrected chi connectivity index (χ1v) is 6.68. The summed E-state index contributed by atoms with van der Waals surface area (Å²) in [5.74, 6) is -1.37. The van der Waals surface area contributed by atoms with Crippen molar-refractivity contribution < 1.29 is 14.7 Å². The number of aryl methyl sites for hydroxylation is 1. The number of carboxylic acids is 1. The minimum atomic E-state index is -1.02. The molecule has 0 spiro atoms. The van der Waals surface area contributed by atoms with Crippen molar-refractivity contribution >= 4 is 27.8 Å². The van der Waals surface area contributed by atoms with Gasteiger partial charge in [-0.3, -0.25) is 4.79 Å². The van der Waals surface area contributed by atoms with Crippen LogP contribution in [0.15, 0.2) is 16.7 Å². The molecular formula is C12H17BrN2O3. The first kappa shape index (κ1) is 14.8. The fourth-order valence-electron chi connectivity index (χ4n) is 1.66. The first-order chi connectivity index (χ1) is 8.49. The van der Waals surface area contributed by atoms with Crippen LogP contribution in [0.3, 0.4) is 0 Å². The standard InChI is InChI=1S/C12H17BrN2O3/c1-3-5-15-7-8(13)6-10(15)11(16)14-9(4-2)12(17)18/h6-7,9H,3-5H2,1-2H3,(H,14,16)(H,17,18). The number of carboxylic acid groups (broad SMARTS) is 1. The molecule has 1 rings (SSSR count). The Kier molecular flexibility index (Phi) is 5.40. The van der Waals surface area contributed by atoms with Crippen LogP contribution in [0, 0.1) is 0 Å². The molecule has 0 fully saturated rings. The highest BCUT2D eigenvalue weighted by atomic mass is 79.9. The monoisotopic (exact) mass is 316 g/mol. The van der Waals surface area contributed by atoms with Crippen molar-refractivity contribution in [2.45, 2.75) is 39.3 Å². The van der Waals surface area contributed by atoms with Crippen molar-refractivity contribution in [1.29, 1.82) is 0 Å². The third kappa shape index (κ3) is 3.60. The Hall–Kier alpha value is -1.30. The lowest BCUT2D eigenvalue weighted by Gasteiger charge is -2.13. The molecule has 100 valence electrons. The summed E-state index contributed by atoms with van der Waals surface area (Å²) in [5, 5.41) is 11.4. The third-order valence-electron chi connectivity index (χ3n) is 2.57. The summed E-state index contributed by atoms with van der Waals surface area (Å²) in [6.07, 6.45) is 3.08. The fraction of sp³-hybridized carbons (Fsp3) is 0.500. The maximum atomic E-state index is 12.0. The third-order valence-corrected chi connectivity index (χ3v) is 3.01. The van der Waals surface area contributed by atoms with Crippen molar-refractivity contribution in [3.63, 3.8) is 0 Å². The average molecular weight is 317 g/mol. The van der Waals surface area contributed by atoms with E-state index in [1.54, 1.807) is 13.0 Å². The van der Waals surface area contributed by atoms with E-state index in [9.17, 15) is 9.59 Å². The molecule has 1 unspecified atom stereocenters. The molecule has 0 saturated heterocycles. The largest absolute Gasteiger partial charge is 0.480 e. The van der Waals surface area contributed by atoms with Crippen LogP contribution in [0.5, 0.6) is 0 Å². The van der Waals surface area contributed by atoms with E-state index in [2.05, 4.69) is 21.2 Å². The van der Waals surface area contributed by atoms with Gasteiger partial charge in [0.1, 0.15) is 11.7 Å². The highest BCUT2D eigenvalue weighted by Crippen LogP contribution is 2.15. The maximum absolute atomic E-state index is 12.0. The SMILES string of the molecule is CCCn1cc(Br)cc1C(=O)NC(CC)C(=O)O. The summed E-state index contributed by atoms with van der Waals surface area (Å²) in [6.45, 7) is 4.46. The smallest absolute Gasteiger partial charge is 0.326 e. The number of aromatic nitrogens is 1. The summed E-state index contributed by atoms with van der Waals surface area (Å²) in [4.78, 5) is 22.9. The number of nitrogens with zero attached hydrogens (tertiary/aromatic N) is 1. The van der Waals surface area contributed by atoms with Gasteiger partial charge in [0, 0.05) is 17.2 Å². The van der Waals surface area contributed by atoms with Gasteiger partial charge in [-0.15, -0.1) is 0 Å². The molecule has 0 aromatic carbocycles. The van der Waals surface area contributed by atoms with E-state index in [4.69, 9.17) is 5.11 Å². The number of aliphatic carboxylic acids is 1. The number of rotatable bonds is 6. The van der Waals surface area contributed by atoms with E-state index >= 15 is 0 Å². The summed E-state index contributed by atoms with van der Waals surface area (Å²) in [5.41, 5.74) is 0.475. The normalized spacial score (nSPS) is 12.2. The number of carbonyl (C=O) groups excluding carboxylic acids is 1. The lowest BCUT2D eigenvalue weighted by Crippen LogP contribution is -2.40. The first-order valence-electron chi connectivity index (χ1n) is 5.88. The van der Waals surface area contributed by atoms with Gasteiger partial charge < -0.3 is 15.0 Å². The van der Waals surface area contributed by atoms with Gasteiger partial charge in [-0.25, -0.2) is 4.79 Å². The van der Waals surface area contributed by atoms with Gasteiger partial charge in [-0.1, -0.05) is 13.8 Å². The zero-order valence-electron chi connectivity index (χ0n) is 10.4. The van der Waals surface area contributed by atoms with Crippen LogP contribution in [0.25, 0.3) is 0 Å². The number of hydrogen-bond acceptors (Lipinski definition) is 2. The Morgan fingerprint density at radius 1 is 1.50 bits per heavy atom. The van der Waals surface area contributed by atoms with E-state index in [0.29, 0.717) is 12.1 Å². The highest BCUT2D eigenvalue weighted by molar-refractivity contribution is 9.10. The second kappa shape index (κ2) is 6.58. The minimum absolute atomic E-state index is 0.358. The van der Waals surface area contributed by atoms with Crippen molar-refractivity contribution in [1.82, 2.24) is 9.88 Å². The van der Waals surface area contributed by atoms with Gasteiger partial charge in [0.25, 0.3) is 5.91 Å². The van der Waals surface area contributed by atoms with Crippen LogP contribution in [0.1, 0.15) is 37.2 Å². The number of nitrogens with one attached hydrogen (secondary N) is 1. The molecule has 0 radical (unpaired) electrons. The molecule has 1 amide bonds. The topological polar surface area (TPSA) is 71.3 Å². The van der Waals surface area contributed by atoms with Crippen LogP contribution >= 0.6 is 15.9 Å². The van der Waals surface area contributed by atoms with Crippen molar-refractivity contribution in [2.75, 3.05) is 0 Å². The van der Waals surface area contributed by atoms with E-state index in [-0.39, 0.29) is 5.91 Å². The van der Waals surface area contributed by atoms with Crippen molar-refractivity contribution in [3.8, 4) is 0 Å². The predicted octanol–water partition coefficient (Wildman–Crippen LogP) is 2.25. The number of hydrogen-bond donors (Lipinski definition) is 2. The summed E-state index contributed by atoms with van der Waals surface area (Å²) >= 11 is 3.32. The molecule has 6 heteroatoms. The Labute approximate surface area is 114 Å². The highest BCUT2D eigenvalue weighted by Gasteiger charge is 2.20. The summed E-state index contributed by atoms with van der Waals surface area (Å²) in [6, 6.07) is 0.848. The number of halogens is 1. The Morgan fingerprint density at radius 3 is 2.67 bits per heavy atom. The van der Waals surface area contributed by atoms with Gasteiger partial charge in [0.05, 0.1) is 0 Å². The van der Waals surface area contributed by atoms with Gasteiger partial charge in [-0.05, 0) is 34.8 Å². The van der Waals surface area contributed by atoms with Crippen LogP contribution in [-0.4, -0.2) is 27.6 Å². The molecular weight excluding hydrogens is 300 g/mol. The molecule has 0 bridgehead atoms. The summed E-state index contributed by atoms with van der Waals surface area (Å²) < 4.78 is 2.62. The van der Waals surface area contributed by atoms with E-state index in [1.165, 1.54) is 0 Å². The molecule has 1 aromatic rings. The van der Waals surface area contributed by atoms with Crippen LogP contribution in [0.4, 0.5) is 0 Å². The molecule has 1 aromatic heterocycles. The van der Waals surface area contributed by atoms with Crippen LogP contribution < -0.4 is 5.32 Å². The van der Waals surface area contributed by atoms with Gasteiger partial charge in [0.2, 0.25) is 0 Å². The molecule has 0 saturated carbocycles. The van der Waals surface area contributed by atoms with Gasteiger partial charge in [-0.2, -0.15) is 0 Å². The van der Waals surface area contributed by atoms with Gasteiger partial charge >= 0.3 is 5.97 Å². The predicted molar refractivity (Wildman–Crippen MR) is 71.6 cm³/mol. The Bertz CT molecular complexity index is 443. The molecule has 0 aliphatic rings. The molecule has 0 aliphatic heterocycles. The molecule has 1 atom stereocenters. The average Bonchev–Trinajstić information content (AvgIpc) is 2.67. The van der Waals surface area contributed by atoms with E-state index in [0.717, 1.165) is 17.4 Å². The number of carbonyl (C=O) groups is 2. The zero-order chi connectivity index (χ0) is 13.7. The number of amides is 1. The second-order valence-electron chi connectivity index (χ2n) is 4.01. The fourth-order valence-corrected chi connectivity index (χ4v) is 2.13. The maximum Gasteiger partial charge on any atom is 0.326 e. The lowest BCUT2D eigenvalue weighted by atomic mass is 10.2. The van der Waals surface area contributed by atoms with E-state index in [1.807, 2.05) is 17.7 Å². The van der Waals surface area contributed by atoms with Crippen molar-refractivity contribution in [3.05, 3.63) is 22.4 Å². The van der Waals surface area contributed by atoms with Crippen LogP contribution in [-0.2, 0) is 11.3 Å². The molecule has 5 nitrogen and oxygen atoms in total. The lowest BCUT2D eigenvalue weighted by molar-refractivity contribution is -0.139. The molecule has 18 heavy (non-hydrogen) atoms. The van der Waals surface area contributed by atoms with E-state index < -0.39 is 12.0 Å². The van der Waals surface area contributed by atoms with Gasteiger partial charge in [0.15, 0.2) is 0 Å². The van der Waals surface area contributed by atoms with Crippen LogP contribution in [0.2, 0.25) is 0 Å². The second-order valence-corrected chi connectivity index (χ2v) is 4.93. The summed E-state index contributed by atoms with van der Waals surface area (Å²) in [7, 11) is 0. The quantitative estimate of drug-likeness (QED) is 0.845. The van der Waals surface area contributed by atoms with Crippen molar-refractivity contribution in [2.24, 2.45) is 0 Å². The molecule has 2 N–H and O–H groups in total. The Balaban J connectivity index is 2.86. The Morgan fingerprint density at radius 2 is 2.17 bits per heavy atom. The molecule has 0 aliphatic carbocycles. The molecule has 1 heterocycles. The zero-order valence-corrected chi connectivity index (χ0v) is 12.0.